The number of amides is 1. The molecule has 1 aromatic rings. The number of carbonyl (C=O) groups is 1. The predicted molar refractivity (Wildman–Crippen MR) is 73.2 cm³/mol. The summed E-state index contributed by atoms with van der Waals surface area (Å²) in [6.07, 6.45) is 4.11. The van der Waals surface area contributed by atoms with Crippen LogP contribution in [0.5, 0.6) is 0 Å². The third-order valence-electron chi connectivity index (χ3n) is 3.54. The molecule has 0 spiro atoms. The van der Waals surface area contributed by atoms with E-state index in [1.54, 1.807) is 0 Å². The van der Waals surface area contributed by atoms with Gasteiger partial charge in [0.1, 0.15) is 0 Å². The van der Waals surface area contributed by atoms with E-state index in [4.69, 9.17) is 17.3 Å². The van der Waals surface area contributed by atoms with Gasteiger partial charge in [0.2, 0.25) is 5.91 Å². The number of benzene rings is 1. The van der Waals surface area contributed by atoms with Gasteiger partial charge >= 0.3 is 0 Å². The van der Waals surface area contributed by atoms with Crippen LogP contribution in [-0.2, 0) is 11.3 Å². The first kappa shape index (κ1) is 13.4. The summed E-state index contributed by atoms with van der Waals surface area (Å²) < 4.78 is 0. The van der Waals surface area contributed by atoms with Crippen LogP contribution in [0.25, 0.3) is 0 Å². The molecule has 3 N–H and O–H groups in total. The Morgan fingerprint density at radius 1 is 1.28 bits per heavy atom. The largest absolute Gasteiger partial charge is 0.352 e. The van der Waals surface area contributed by atoms with Gasteiger partial charge in [-0.2, -0.15) is 0 Å². The number of nitrogens with one attached hydrogen (secondary N) is 1. The lowest BCUT2D eigenvalue weighted by molar-refractivity contribution is -0.126. The Bertz CT molecular complexity index is 405. The van der Waals surface area contributed by atoms with Crippen molar-refractivity contribution in [1.29, 1.82) is 0 Å². The first-order valence-corrected chi connectivity index (χ1v) is 6.82. The Kier molecular flexibility index (Phi) is 4.61. The summed E-state index contributed by atoms with van der Waals surface area (Å²) in [7, 11) is 0. The van der Waals surface area contributed by atoms with Gasteiger partial charge in [-0.25, -0.2) is 0 Å². The number of nitrogens with two attached hydrogens (primary N) is 1. The van der Waals surface area contributed by atoms with Crippen LogP contribution in [0.4, 0.5) is 0 Å². The minimum absolute atomic E-state index is 0.0176. The van der Waals surface area contributed by atoms with Gasteiger partial charge in [0.05, 0.1) is 5.92 Å². The lowest BCUT2D eigenvalue weighted by atomic mass is 9.84. The first-order chi connectivity index (χ1) is 8.66. The molecule has 0 bridgehead atoms. The van der Waals surface area contributed by atoms with E-state index in [1.807, 2.05) is 24.3 Å². The first-order valence-electron chi connectivity index (χ1n) is 6.44. The quantitative estimate of drug-likeness (QED) is 0.883. The van der Waals surface area contributed by atoms with Crippen molar-refractivity contribution < 1.29 is 4.79 Å². The van der Waals surface area contributed by atoms with Crippen molar-refractivity contribution in [2.45, 2.75) is 38.3 Å². The minimum Gasteiger partial charge on any atom is -0.352 e. The number of rotatable bonds is 3. The fourth-order valence-corrected chi connectivity index (χ4v) is 2.53. The molecule has 98 valence electrons. The summed E-state index contributed by atoms with van der Waals surface area (Å²) in [6, 6.07) is 7.52. The number of carbonyl (C=O) groups excluding carboxylic acids is 1. The van der Waals surface area contributed by atoms with Gasteiger partial charge in [0, 0.05) is 17.6 Å². The van der Waals surface area contributed by atoms with Crippen LogP contribution in [0.2, 0.25) is 5.02 Å². The van der Waals surface area contributed by atoms with Gasteiger partial charge in [0.15, 0.2) is 0 Å². The van der Waals surface area contributed by atoms with Crippen LogP contribution in [0, 0.1) is 5.92 Å². The van der Waals surface area contributed by atoms with E-state index >= 15 is 0 Å². The highest BCUT2D eigenvalue weighted by Gasteiger charge is 2.27. The van der Waals surface area contributed by atoms with Crippen LogP contribution >= 0.6 is 11.6 Å². The van der Waals surface area contributed by atoms with Gasteiger partial charge in [-0.1, -0.05) is 36.6 Å². The molecule has 4 heteroatoms. The summed E-state index contributed by atoms with van der Waals surface area (Å²) in [5, 5.41) is 3.66. The van der Waals surface area contributed by atoms with Crippen LogP contribution < -0.4 is 11.1 Å². The molecule has 1 aromatic carbocycles. The molecule has 18 heavy (non-hydrogen) atoms. The SMILES string of the molecule is N[C@H]1CCCC[C@H]1C(=O)NCc1ccc(Cl)cc1. The van der Waals surface area contributed by atoms with E-state index in [1.165, 1.54) is 0 Å². The van der Waals surface area contributed by atoms with Crippen molar-refractivity contribution in [1.82, 2.24) is 5.32 Å². The normalized spacial score (nSPS) is 23.7. The molecule has 0 aliphatic heterocycles. The average molecular weight is 267 g/mol. The second-order valence-electron chi connectivity index (χ2n) is 4.90. The predicted octanol–water partition coefficient (Wildman–Crippen LogP) is 2.47. The molecule has 1 amide bonds. The fraction of sp³-hybridized carbons (Fsp3) is 0.500. The zero-order chi connectivity index (χ0) is 13.0. The van der Waals surface area contributed by atoms with Gasteiger partial charge in [-0.3, -0.25) is 4.79 Å². The molecule has 1 aliphatic rings. The summed E-state index contributed by atoms with van der Waals surface area (Å²) in [4.78, 5) is 12.0. The Balaban J connectivity index is 1.85. The Morgan fingerprint density at radius 2 is 1.94 bits per heavy atom. The van der Waals surface area contributed by atoms with Gasteiger partial charge in [-0.05, 0) is 30.5 Å². The molecular formula is C14H19ClN2O. The summed E-state index contributed by atoms with van der Waals surface area (Å²) in [5.74, 6) is 0.0585. The third-order valence-corrected chi connectivity index (χ3v) is 3.79. The van der Waals surface area contributed by atoms with E-state index in [2.05, 4.69) is 5.32 Å². The molecular weight excluding hydrogens is 248 g/mol. The van der Waals surface area contributed by atoms with Crippen molar-refractivity contribution in [2.75, 3.05) is 0 Å². The topological polar surface area (TPSA) is 55.1 Å². The molecule has 0 heterocycles. The van der Waals surface area contributed by atoms with Crippen LogP contribution in [0.3, 0.4) is 0 Å². The van der Waals surface area contributed by atoms with Crippen molar-refractivity contribution in [3.63, 3.8) is 0 Å². The Hall–Kier alpha value is -1.06. The molecule has 0 saturated heterocycles. The minimum atomic E-state index is -0.0222. The van der Waals surface area contributed by atoms with Crippen molar-refractivity contribution in [2.24, 2.45) is 11.7 Å². The Labute approximate surface area is 113 Å². The van der Waals surface area contributed by atoms with E-state index in [0.29, 0.717) is 11.6 Å². The molecule has 0 radical (unpaired) electrons. The lowest BCUT2D eigenvalue weighted by Gasteiger charge is -2.27. The maximum Gasteiger partial charge on any atom is 0.224 e. The maximum absolute atomic E-state index is 12.0. The van der Waals surface area contributed by atoms with Crippen molar-refractivity contribution in [3.8, 4) is 0 Å². The summed E-state index contributed by atoms with van der Waals surface area (Å²) >= 11 is 5.81. The van der Waals surface area contributed by atoms with E-state index in [9.17, 15) is 4.79 Å². The van der Waals surface area contributed by atoms with Crippen LogP contribution in [0.15, 0.2) is 24.3 Å². The van der Waals surface area contributed by atoms with Gasteiger partial charge < -0.3 is 11.1 Å². The summed E-state index contributed by atoms with van der Waals surface area (Å²) in [6.45, 7) is 0.541. The average Bonchev–Trinajstić information content (AvgIpc) is 2.38. The molecule has 2 atom stereocenters. The fourth-order valence-electron chi connectivity index (χ4n) is 2.41. The number of halogens is 1. The summed E-state index contributed by atoms with van der Waals surface area (Å²) in [5.41, 5.74) is 7.04. The number of hydrogen-bond acceptors (Lipinski definition) is 2. The second kappa shape index (κ2) is 6.21. The van der Waals surface area contributed by atoms with E-state index in [0.717, 1.165) is 31.2 Å². The zero-order valence-corrected chi connectivity index (χ0v) is 11.1. The monoisotopic (exact) mass is 266 g/mol. The van der Waals surface area contributed by atoms with E-state index in [-0.39, 0.29) is 17.9 Å². The Morgan fingerprint density at radius 3 is 2.61 bits per heavy atom. The highest BCUT2D eigenvalue weighted by Crippen LogP contribution is 2.23. The molecule has 1 saturated carbocycles. The van der Waals surface area contributed by atoms with Gasteiger partial charge in [0.25, 0.3) is 0 Å². The lowest BCUT2D eigenvalue weighted by Crippen LogP contribution is -2.43. The van der Waals surface area contributed by atoms with Crippen molar-refractivity contribution >= 4 is 17.5 Å². The number of hydrogen-bond donors (Lipinski definition) is 2. The third kappa shape index (κ3) is 3.47. The molecule has 2 rings (SSSR count). The second-order valence-corrected chi connectivity index (χ2v) is 5.34. The zero-order valence-electron chi connectivity index (χ0n) is 10.4. The molecule has 1 fully saturated rings. The maximum atomic E-state index is 12.0. The van der Waals surface area contributed by atoms with Crippen molar-refractivity contribution in [3.05, 3.63) is 34.9 Å². The van der Waals surface area contributed by atoms with Gasteiger partial charge in [-0.15, -0.1) is 0 Å². The van der Waals surface area contributed by atoms with E-state index < -0.39 is 0 Å². The van der Waals surface area contributed by atoms with Crippen LogP contribution in [0.1, 0.15) is 31.2 Å². The highest BCUT2D eigenvalue weighted by molar-refractivity contribution is 6.30. The molecule has 1 aliphatic carbocycles. The smallest absolute Gasteiger partial charge is 0.224 e. The molecule has 0 aromatic heterocycles. The molecule has 0 unspecified atom stereocenters. The molecule has 3 nitrogen and oxygen atoms in total. The standard InChI is InChI=1S/C14H19ClN2O/c15-11-7-5-10(6-8-11)9-17-14(18)12-3-1-2-4-13(12)16/h5-8,12-13H,1-4,9,16H2,(H,17,18)/t12-,13+/m1/s1. The highest BCUT2D eigenvalue weighted by atomic mass is 35.5. The van der Waals surface area contributed by atoms with Crippen LogP contribution in [-0.4, -0.2) is 11.9 Å².